The van der Waals surface area contributed by atoms with E-state index in [0.29, 0.717) is 25.8 Å². The van der Waals surface area contributed by atoms with Crippen molar-refractivity contribution in [2.24, 2.45) is 23.7 Å². The van der Waals surface area contributed by atoms with Gasteiger partial charge in [0.1, 0.15) is 30.1 Å². The number of aliphatic hydroxyl groups is 3. The van der Waals surface area contributed by atoms with E-state index in [4.69, 9.17) is 23.7 Å². The van der Waals surface area contributed by atoms with E-state index in [-0.39, 0.29) is 18.8 Å². The zero-order valence-corrected chi connectivity index (χ0v) is 33.8. The van der Waals surface area contributed by atoms with Gasteiger partial charge in [0.15, 0.2) is 12.1 Å². The Bertz CT molecular complexity index is 1580. The first kappa shape index (κ1) is 44.2. The zero-order chi connectivity index (χ0) is 40.4. The van der Waals surface area contributed by atoms with E-state index in [1.54, 1.807) is 24.6 Å². The number of esters is 1. The number of aryl methyl sites for hydroxylation is 1. The van der Waals surface area contributed by atoms with Crippen LogP contribution in [0.5, 0.6) is 0 Å². The largest absolute Gasteiger partial charge is 0.462 e. The number of hydrogen-bond acceptors (Lipinski definition) is 13. The number of aliphatic hydroxyl groups excluding tert-OH is 3. The Morgan fingerprint density at radius 2 is 1.67 bits per heavy atom. The van der Waals surface area contributed by atoms with Crippen LogP contribution >= 0.6 is 0 Å². The number of cyclic esters (lactones) is 1. The molecule has 0 aliphatic carbocycles. The van der Waals surface area contributed by atoms with Gasteiger partial charge >= 0.3 is 5.97 Å². The highest BCUT2D eigenvalue weighted by Gasteiger charge is 2.45. The lowest BCUT2D eigenvalue weighted by Crippen LogP contribution is -2.59. The first-order valence-electron chi connectivity index (χ1n) is 19.3. The average Bonchev–Trinajstić information content (AvgIpc) is 3.65. The maximum Gasteiger partial charge on any atom is 0.308 e. The summed E-state index contributed by atoms with van der Waals surface area (Å²) in [4.78, 5) is 28.9. The number of rotatable bonds is 11. The van der Waals surface area contributed by atoms with Crippen LogP contribution in [0.3, 0.4) is 0 Å². The summed E-state index contributed by atoms with van der Waals surface area (Å²) >= 11 is 0. The van der Waals surface area contributed by atoms with Gasteiger partial charge in [0.25, 0.3) is 0 Å². The molecule has 12 atom stereocenters. The second kappa shape index (κ2) is 20.6. The minimum Gasteiger partial charge on any atom is -0.462 e. The molecule has 14 heteroatoms. The molecule has 4 rings (SSSR count). The van der Waals surface area contributed by atoms with Gasteiger partial charge in [-0.1, -0.05) is 55.8 Å². The topological polar surface area (TPSA) is 175 Å². The van der Waals surface area contributed by atoms with Crippen molar-refractivity contribution in [2.75, 3.05) is 39.8 Å². The van der Waals surface area contributed by atoms with Crippen molar-refractivity contribution in [3.63, 3.8) is 0 Å². The van der Waals surface area contributed by atoms with Crippen molar-refractivity contribution in [2.45, 2.75) is 116 Å². The summed E-state index contributed by atoms with van der Waals surface area (Å²) in [6, 6.07) is 8.01. The molecular formula is C41H62N4O10. The molecule has 3 heterocycles. The van der Waals surface area contributed by atoms with Gasteiger partial charge in [0.05, 0.1) is 37.5 Å². The molecule has 1 aromatic heterocycles. The molecule has 0 spiro atoms. The van der Waals surface area contributed by atoms with Crippen molar-refractivity contribution in [3.8, 4) is 11.3 Å². The van der Waals surface area contributed by atoms with Crippen LogP contribution in [0.4, 0.5) is 5.69 Å². The zero-order valence-electron chi connectivity index (χ0n) is 33.8. The Morgan fingerprint density at radius 3 is 2.31 bits per heavy atom. The molecule has 306 valence electrons. The number of carbonyl (C=O) groups is 2. The van der Waals surface area contributed by atoms with Gasteiger partial charge in [0.2, 0.25) is 0 Å². The number of hydrogen-bond donors (Lipinski definition) is 3. The number of anilines is 1. The second-order valence-electron chi connectivity index (χ2n) is 15.3. The van der Waals surface area contributed by atoms with Crippen molar-refractivity contribution < 1.29 is 48.6 Å². The van der Waals surface area contributed by atoms with Crippen LogP contribution in [-0.2, 0) is 39.8 Å². The minimum absolute atomic E-state index is 0.0560. The molecule has 2 aliphatic rings. The summed E-state index contributed by atoms with van der Waals surface area (Å²) in [6.07, 6.45) is 1.28. The standard InChI is InChI=1S/C41H62N4O10/c1-10-35-30(23-53-41-40(52-9)39(51-8)38(50)27(5)54-41)19-24(2)11-16-33(46)25(3)20-29(37(49)26(4)34(47)21-36(48)55-35)17-18-45-22-32(42-43-45)28-12-14-31(15-13-28)44(6)7/h11-16,19,22,25-27,29-30,34-35,37-41,47,49-50H,10,17-18,20-21,23H2,1-9H3/b16-11+,24-19+/t25-,26+,27?,29+,30-,34-,35-,37-,38-,39+,40?,41-/m1/s1. The number of ketones is 1. The van der Waals surface area contributed by atoms with E-state index < -0.39 is 78.7 Å². The van der Waals surface area contributed by atoms with Crippen LogP contribution in [0.15, 0.2) is 54.3 Å². The minimum atomic E-state index is -1.20. The van der Waals surface area contributed by atoms with Crippen LogP contribution in [0, 0.1) is 23.7 Å². The molecule has 1 aromatic carbocycles. The molecule has 14 nitrogen and oxygen atoms in total. The van der Waals surface area contributed by atoms with E-state index in [0.717, 1.165) is 22.5 Å². The van der Waals surface area contributed by atoms with Crippen molar-refractivity contribution >= 4 is 17.4 Å². The fourth-order valence-electron chi connectivity index (χ4n) is 7.35. The van der Waals surface area contributed by atoms with Gasteiger partial charge in [0, 0.05) is 63.9 Å². The van der Waals surface area contributed by atoms with Gasteiger partial charge in [-0.2, -0.15) is 0 Å². The Hall–Kier alpha value is -3.50. The average molecular weight is 771 g/mol. The van der Waals surface area contributed by atoms with Gasteiger partial charge in [-0.15, -0.1) is 5.10 Å². The quantitative estimate of drug-likeness (QED) is 0.281. The molecule has 0 bridgehead atoms. The van der Waals surface area contributed by atoms with Crippen LogP contribution in [0.1, 0.15) is 60.3 Å². The van der Waals surface area contributed by atoms with Crippen molar-refractivity contribution in [3.05, 3.63) is 54.3 Å². The van der Waals surface area contributed by atoms with Crippen molar-refractivity contribution in [1.29, 1.82) is 0 Å². The lowest BCUT2D eigenvalue weighted by atomic mass is 9.80. The summed E-state index contributed by atoms with van der Waals surface area (Å²) in [5.41, 5.74) is 3.48. The lowest BCUT2D eigenvalue weighted by Gasteiger charge is -2.42. The molecule has 2 aromatic rings. The smallest absolute Gasteiger partial charge is 0.308 e. The summed E-state index contributed by atoms with van der Waals surface area (Å²) < 4.78 is 31.0. The number of allylic oxidation sites excluding steroid dienone is 3. The van der Waals surface area contributed by atoms with E-state index in [9.17, 15) is 24.9 Å². The third-order valence-electron chi connectivity index (χ3n) is 11.0. The number of aromatic nitrogens is 3. The van der Waals surface area contributed by atoms with E-state index in [1.807, 2.05) is 76.3 Å². The van der Waals surface area contributed by atoms with Crippen LogP contribution < -0.4 is 4.90 Å². The number of ether oxygens (including phenoxy) is 5. The van der Waals surface area contributed by atoms with E-state index in [2.05, 4.69) is 10.3 Å². The van der Waals surface area contributed by atoms with Crippen molar-refractivity contribution in [1.82, 2.24) is 15.0 Å². The highest BCUT2D eigenvalue weighted by molar-refractivity contribution is 5.91. The maximum atomic E-state index is 13.5. The summed E-state index contributed by atoms with van der Waals surface area (Å²) in [5.74, 6) is -2.71. The lowest BCUT2D eigenvalue weighted by molar-refractivity contribution is -0.304. The highest BCUT2D eigenvalue weighted by Crippen LogP contribution is 2.31. The fourth-order valence-corrected chi connectivity index (χ4v) is 7.35. The predicted octanol–water partition coefficient (Wildman–Crippen LogP) is 3.97. The molecule has 2 aliphatic heterocycles. The highest BCUT2D eigenvalue weighted by atomic mass is 16.7. The van der Waals surface area contributed by atoms with E-state index in [1.165, 1.54) is 20.3 Å². The molecule has 1 fully saturated rings. The fraction of sp³-hybridized carbons (Fsp3) is 0.659. The van der Waals surface area contributed by atoms with Crippen LogP contribution in [0.25, 0.3) is 11.3 Å². The Kier molecular flexibility index (Phi) is 16.6. The van der Waals surface area contributed by atoms with Crippen LogP contribution in [0.2, 0.25) is 0 Å². The monoisotopic (exact) mass is 770 g/mol. The Balaban J connectivity index is 1.53. The number of nitrogens with zero attached hydrogens (tertiary/aromatic N) is 4. The number of benzene rings is 1. The molecule has 3 N–H and O–H groups in total. The third kappa shape index (κ3) is 11.8. The number of methoxy groups -OCH3 is 2. The second-order valence-corrected chi connectivity index (χ2v) is 15.3. The molecule has 0 amide bonds. The normalized spacial score (nSPS) is 34.4. The van der Waals surface area contributed by atoms with E-state index >= 15 is 0 Å². The molecule has 1 saturated heterocycles. The molecule has 0 saturated carbocycles. The predicted molar refractivity (Wildman–Crippen MR) is 207 cm³/mol. The first-order chi connectivity index (χ1) is 26.2. The molecule has 2 unspecified atom stereocenters. The maximum absolute atomic E-state index is 13.5. The SMILES string of the molecule is CC[C@H]1OC(=O)C[C@@H](O)[C@H](C)[C@@H](O)[C@@H](CCn2cc(-c3ccc(N(C)C)cc3)nn2)C[C@@H](C)C(=O)/C=C/C(C)=C/[C@@H]1CO[C@@H]1OC(C)[C@@H](O)[C@H](OC)C1OC. The number of carbonyl (C=O) groups excluding carboxylic acids is 2. The van der Waals surface area contributed by atoms with Crippen LogP contribution in [-0.4, -0.2) is 126 Å². The summed E-state index contributed by atoms with van der Waals surface area (Å²) in [6.45, 7) is 9.49. The first-order valence-corrected chi connectivity index (χ1v) is 19.3. The summed E-state index contributed by atoms with van der Waals surface area (Å²) in [7, 11) is 6.93. The Labute approximate surface area is 325 Å². The van der Waals surface area contributed by atoms with Gasteiger partial charge in [-0.05, 0) is 57.2 Å². The van der Waals surface area contributed by atoms with Gasteiger partial charge in [-0.25, -0.2) is 0 Å². The third-order valence-corrected chi connectivity index (χ3v) is 11.0. The van der Waals surface area contributed by atoms with Gasteiger partial charge < -0.3 is 43.9 Å². The molecular weight excluding hydrogens is 708 g/mol. The molecule has 0 radical (unpaired) electrons. The van der Waals surface area contributed by atoms with Gasteiger partial charge in [-0.3, -0.25) is 14.3 Å². The Morgan fingerprint density at radius 1 is 0.982 bits per heavy atom. The summed E-state index contributed by atoms with van der Waals surface area (Å²) in [5, 5.41) is 42.2. The molecule has 55 heavy (non-hydrogen) atoms.